The van der Waals surface area contributed by atoms with Gasteiger partial charge in [0, 0.05) is 25.3 Å². The summed E-state index contributed by atoms with van der Waals surface area (Å²) in [6.07, 6.45) is 3.98. The quantitative estimate of drug-likeness (QED) is 0.887. The largest absolute Gasteiger partial charge is 0.374 e. The Morgan fingerprint density at radius 3 is 2.61 bits per heavy atom. The van der Waals surface area contributed by atoms with Gasteiger partial charge in [0.1, 0.15) is 5.82 Å². The van der Waals surface area contributed by atoms with Crippen molar-refractivity contribution in [3.63, 3.8) is 0 Å². The maximum Gasteiger partial charge on any atom is 0.126 e. The van der Waals surface area contributed by atoms with Crippen molar-refractivity contribution in [2.75, 3.05) is 18.5 Å². The fourth-order valence-electron chi connectivity index (χ4n) is 2.54. The van der Waals surface area contributed by atoms with E-state index in [9.17, 15) is 4.39 Å². The van der Waals surface area contributed by atoms with Crippen molar-refractivity contribution >= 4 is 5.69 Å². The molecule has 2 rings (SSSR count). The topological polar surface area (TPSA) is 29.3 Å². The minimum Gasteiger partial charge on any atom is -0.374 e. The Balaban J connectivity index is 2.25. The third-order valence-electron chi connectivity index (χ3n) is 3.97. The Bertz CT molecular complexity index is 425. The second-order valence-electron chi connectivity index (χ2n) is 5.63. The summed E-state index contributed by atoms with van der Waals surface area (Å²) in [6.45, 7) is 4.76. The SMILES string of the molecule is Cc1cc(N(C)CC2CCC2)c([C@@H](C)N)cc1F. The molecule has 1 fully saturated rings. The van der Waals surface area contributed by atoms with E-state index < -0.39 is 0 Å². The zero-order valence-corrected chi connectivity index (χ0v) is 11.5. The van der Waals surface area contributed by atoms with Crippen LogP contribution in [0, 0.1) is 18.7 Å². The first-order valence-corrected chi connectivity index (χ1v) is 6.75. The van der Waals surface area contributed by atoms with Gasteiger partial charge in [-0.15, -0.1) is 0 Å². The second-order valence-corrected chi connectivity index (χ2v) is 5.63. The summed E-state index contributed by atoms with van der Waals surface area (Å²) in [4.78, 5) is 2.23. The van der Waals surface area contributed by atoms with Gasteiger partial charge in [-0.05, 0) is 55.9 Å². The van der Waals surface area contributed by atoms with E-state index in [4.69, 9.17) is 5.73 Å². The van der Waals surface area contributed by atoms with Gasteiger partial charge in [-0.1, -0.05) is 6.42 Å². The number of rotatable bonds is 4. The lowest BCUT2D eigenvalue weighted by Crippen LogP contribution is -2.30. The molecule has 1 aliphatic rings. The van der Waals surface area contributed by atoms with Gasteiger partial charge in [0.05, 0.1) is 0 Å². The Morgan fingerprint density at radius 2 is 2.11 bits per heavy atom. The van der Waals surface area contributed by atoms with Crippen molar-refractivity contribution in [2.24, 2.45) is 11.7 Å². The van der Waals surface area contributed by atoms with Crippen molar-refractivity contribution in [3.8, 4) is 0 Å². The standard InChI is InChI=1S/C15H23FN2/c1-10-7-15(13(11(2)17)8-14(10)16)18(3)9-12-5-4-6-12/h7-8,11-12H,4-6,9,17H2,1-3H3/t11-/m1/s1. The van der Waals surface area contributed by atoms with Crippen molar-refractivity contribution in [1.29, 1.82) is 0 Å². The maximum absolute atomic E-state index is 13.6. The van der Waals surface area contributed by atoms with Crippen LogP contribution in [-0.4, -0.2) is 13.6 Å². The third-order valence-corrected chi connectivity index (χ3v) is 3.97. The molecule has 2 N–H and O–H groups in total. The highest BCUT2D eigenvalue weighted by atomic mass is 19.1. The number of hydrogen-bond donors (Lipinski definition) is 1. The van der Waals surface area contributed by atoms with E-state index in [1.807, 2.05) is 13.0 Å². The van der Waals surface area contributed by atoms with Crippen LogP contribution in [0.2, 0.25) is 0 Å². The van der Waals surface area contributed by atoms with Crippen LogP contribution < -0.4 is 10.6 Å². The predicted octanol–water partition coefficient (Wildman–Crippen LogP) is 3.39. The molecule has 0 bridgehead atoms. The van der Waals surface area contributed by atoms with Gasteiger partial charge in [0.25, 0.3) is 0 Å². The molecular weight excluding hydrogens is 227 g/mol. The van der Waals surface area contributed by atoms with E-state index in [1.165, 1.54) is 19.3 Å². The van der Waals surface area contributed by atoms with Gasteiger partial charge in [-0.25, -0.2) is 4.39 Å². The van der Waals surface area contributed by atoms with Crippen LogP contribution in [0.3, 0.4) is 0 Å². The normalized spacial score (nSPS) is 17.4. The van der Waals surface area contributed by atoms with Crippen LogP contribution in [0.15, 0.2) is 12.1 Å². The van der Waals surface area contributed by atoms with E-state index in [-0.39, 0.29) is 11.9 Å². The van der Waals surface area contributed by atoms with Crippen molar-refractivity contribution < 1.29 is 4.39 Å². The molecule has 18 heavy (non-hydrogen) atoms. The molecule has 0 aromatic heterocycles. The molecule has 1 saturated carbocycles. The van der Waals surface area contributed by atoms with Crippen molar-refractivity contribution in [1.82, 2.24) is 0 Å². The summed E-state index contributed by atoms with van der Waals surface area (Å²) in [6, 6.07) is 3.37. The van der Waals surface area contributed by atoms with Gasteiger partial charge in [-0.3, -0.25) is 0 Å². The van der Waals surface area contributed by atoms with Crippen LogP contribution in [0.5, 0.6) is 0 Å². The van der Waals surface area contributed by atoms with E-state index in [1.54, 1.807) is 13.0 Å². The van der Waals surface area contributed by atoms with Crippen LogP contribution in [0.25, 0.3) is 0 Å². The predicted molar refractivity (Wildman–Crippen MR) is 74.4 cm³/mol. The Hall–Kier alpha value is -1.09. The van der Waals surface area contributed by atoms with E-state index in [0.717, 1.165) is 23.7 Å². The van der Waals surface area contributed by atoms with E-state index in [0.29, 0.717) is 5.56 Å². The molecule has 0 radical (unpaired) electrons. The zero-order chi connectivity index (χ0) is 13.3. The summed E-state index contributed by atoms with van der Waals surface area (Å²) in [7, 11) is 2.08. The molecule has 0 aliphatic heterocycles. The molecule has 1 aromatic carbocycles. The molecule has 0 saturated heterocycles. The minimum atomic E-state index is -0.164. The first-order chi connectivity index (χ1) is 8.49. The lowest BCUT2D eigenvalue weighted by atomic mass is 9.85. The fraction of sp³-hybridized carbons (Fsp3) is 0.600. The fourth-order valence-corrected chi connectivity index (χ4v) is 2.54. The summed E-state index contributed by atoms with van der Waals surface area (Å²) in [5.41, 5.74) is 8.63. The lowest BCUT2D eigenvalue weighted by Gasteiger charge is -2.33. The van der Waals surface area contributed by atoms with Gasteiger partial charge < -0.3 is 10.6 Å². The van der Waals surface area contributed by atoms with Gasteiger partial charge in [-0.2, -0.15) is 0 Å². The molecule has 3 heteroatoms. The molecule has 0 unspecified atom stereocenters. The van der Waals surface area contributed by atoms with Crippen LogP contribution in [-0.2, 0) is 0 Å². The van der Waals surface area contributed by atoms with Gasteiger partial charge in [0.2, 0.25) is 0 Å². The molecule has 1 aliphatic carbocycles. The highest BCUT2D eigenvalue weighted by Crippen LogP contribution is 2.32. The summed E-state index contributed by atoms with van der Waals surface area (Å²) >= 11 is 0. The molecule has 100 valence electrons. The summed E-state index contributed by atoms with van der Waals surface area (Å²) < 4.78 is 13.6. The lowest BCUT2D eigenvalue weighted by molar-refractivity contribution is 0.321. The number of nitrogens with two attached hydrogens (primary N) is 1. The van der Waals surface area contributed by atoms with Crippen LogP contribution in [0.4, 0.5) is 10.1 Å². The highest BCUT2D eigenvalue weighted by Gasteiger charge is 2.21. The number of benzene rings is 1. The third kappa shape index (κ3) is 2.66. The highest BCUT2D eigenvalue weighted by molar-refractivity contribution is 5.56. The van der Waals surface area contributed by atoms with Crippen LogP contribution in [0.1, 0.15) is 43.4 Å². The summed E-state index contributed by atoms with van der Waals surface area (Å²) in [5, 5.41) is 0. The first-order valence-electron chi connectivity index (χ1n) is 6.75. The van der Waals surface area contributed by atoms with Gasteiger partial charge in [0.15, 0.2) is 0 Å². The van der Waals surface area contributed by atoms with Crippen molar-refractivity contribution in [2.45, 2.75) is 39.2 Å². The summed E-state index contributed by atoms with van der Waals surface area (Å²) in [5.74, 6) is 0.629. The molecule has 1 aromatic rings. The van der Waals surface area contributed by atoms with Crippen LogP contribution >= 0.6 is 0 Å². The molecule has 1 atom stereocenters. The number of hydrogen-bond acceptors (Lipinski definition) is 2. The smallest absolute Gasteiger partial charge is 0.126 e. The first kappa shape index (κ1) is 13.3. The zero-order valence-electron chi connectivity index (χ0n) is 11.5. The average Bonchev–Trinajstić information content (AvgIpc) is 2.26. The monoisotopic (exact) mass is 250 g/mol. The molecule has 0 heterocycles. The van der Waals surface area contributed by atoms with E-state index >= 15 is 0 Å². The average molecular weight is 250 g/mol. The van der Waals surface area contributed by atoms with E-state index in [2.05, 4.69) is 11.9 Å². The molecule has 0 amide bonds. The van der Waals surface area contributed by atoms with Crippen molar-refractivity contribution in [3.05, 3.63) is 29.1 Å². The minimum absolute atomic E-state index is 0.140. The molecule has 0 spiro atoms. The number of aryl methyl sites for hydroxylation is 1. The molecular formula is C15H23FN2. The Kier molecular flexibility index (Phi) is 3.91. The number of halogens is 1. The maximum atomic E-state index is 13.6. The Morgan fingerprint density at radius 1 is 1.44 bits per heavy atom. The van der Waals surface area contributed by atoms with Gasteiger partial charge >= 0.3 is 0 Å². The molecule has 2 nitrogen and oxygen atoms in total. The number of anilines is 1. The second kappa shape index (κ2) is 5.27. The number of nitrogens with zero attached hydrogens (tertiary/aromatic N) is 1. The Labute approximate surface area is 109 Å².